The van der Waals surface area contributed by atoms with Gasteiger partial charge >= 0.3 is 6.03 Å². The molecule has 0 spiro atoms. The molecule has 1 unspecified atom stereocenters. The highest BCUT2D eigenvalue weighted by molar-refractivity contribution is 5.74. The van der Waals surface area contributed by atoms with E-state index in [4.69, 9.17) is 9.47 Å². The van der Waals surface area contributed by atoms with E-state index in [-0.39, 0.29) is 12.1 Å². The van der Waals surface area contributed by atoms with Crippen molar-refractivity contribution in [1.82, 2.24) is 10.2 Å². The molecule has 2 rings (SSSR count). The van der Waals surface area contributed by atoms with E-state index in [9.17, 15) is 4.79 Å². The van der Waals surface area contributed by atoms with Crippen molar-refractivity contribution in [3.8, 4) is 5.75 Å². The van der Waals surface area contributed by atoms with E-state index in [2.05, 4.69) is 5.32 Å². The summed E-state index contributed by atoms with van der Waals surface area (Å²) in [6.07, 6.45) is 3.19. The van der Waals surface area contributed by atoms with Crippen molar-refractivity contribution < 1.29 is 14.3 Å². The Hall–Kier alpha value is -1.75. The molecule has 1 aliphatic heterocycles. The molecular weight excluding hydrogens is 280 g/mol. The Kier molecular flexibility index (Phi) is 6.52. The molecule has 122 valence electrons. The van der Waals surface area contributed by atoms with Crippen molar-refractivity contribution in [1.29, 1.82) is 0 Å². The van der Waals surface area contributed by atoms with Crippen LogP contribution < -0.4 is 10.1 Å². The molecule has 1 atom stereocenters. The number of methoxy groups -OCH3 is 1. The van der Waals surface area contributed by atoms with Gasteiger partial charge in [0.25, 0.3) is 0 Å². The zero-order chi connectivity index (χ0) is 15.8. The van der Waals surface area contributed by atoms with Crippen molar-refractivity contribution in [2.45, 2.75) is 38.8 Å². The van der Waals surface area contributed by atoms with Gasteiger partial charge in [-0.2, -0.15) is 0 Å². The van der Waals surface area contributed by atoms with E-state index in [1.807, 2.05) is 36.1 Å². The summed E-state index contributed by atoms with van der Waals surface area (Å²) in [4.78, 5) is 14.2. The van der Waals surface area contributed by atoms with Crippen LogP contribution in [-0.4, -0.2) is 43.8 Å². The summed E-state index contributed by atoms with van der Waals surface area (Å²) in [6.45, 7) is 4.60. The van der Waals surface area contributed by atoms with Gasteiger partial charge in [-0.25, -0.2) is 4.79 Å². The summed E-state index contributed by atoms with van der Waals surface area (Å²) >= 11 is 0. The van der Waals surface area contributed by atoms with Gasteiger partial charge in [-0.15, -0.1) is 0 Å². The molecule has 0 saturated carbocycles. The number of rotatable bonds is 5. The molecule has 0 aliphatic carbocycles. The number of para-hydroxylation sites is 1. The van der Waals surface area contributed by atoms with E-state index in [1.165, 1.54) is 0 Å². The summed E-state index contributed by atoms with van der Waals surface area (Å²) in [5.74, 6) is 0.834. The predicted octanol–water partition coefficient (Wildman–Crippen LogP) is 2.80. The van der Waals surface area contributed by atoms with E-state index in [0.29, 0.717) is 13.2 Å². The molecule has 0 radical (unpaired) electrons. The largest absolute Gasteiger partial charge is 0.494 e. The van der Waals surface area contributed by atoms with Crippen LogP contribution in [0, 0.1) is 0 Å². The first-order valence-corrected chi connectivity index (χ1v) is 8.00. The highest BCUT2D eigenvalue weighted by atomic mass is 16.5. The van der Waals surface area contributed by atoms with Gasteiger partial charge in [0.1, 0.15) is 5.75 Å². The molecule has 1 N–H and O–H groups in total. The fourth-order valence-electron chi connectivity index (χ4n) is 2.73. The van der Waals surface area contributed by atoms with E-state index in [1.54, 1.807) is 7.11 Å². The Morgan fingerprint density at radius 2 is 2.14 bits per heavy atom. The number of nitrogens with zero attached hydrogens (tertiary/aromatic N) is 1. The maximum Gasteiger partial charge on any atom is 0.317 e. The second-order valence-electron chi connectivity index (χ2n) is 5.48. The van der Waals surface area contributed by atoms with Crippen LogP contribution in [0.15, 0.2) is 24.3 Å². The number of amides is 2. The van der Waals surface area contributed by atoms with Crippen molar-refractivity contribution in [3.05, 3.63) is 29.8 Å². The molecule has 0 bridgehead atoms. The first kappa shape index (κ1) is 16.6. The molecular formula is C17H26N2O3. The van der Waals surface area contributed by atoms with Gasteiger partial charge in [-0.3, -0.25) is 0 Å². The van der Waals surface area contributed by atoms with E-state index < -0.39 is 0 Å². The average Bonchev–Trinajstić information content (AvgIpc) is 2.79. The lowest BCUT2D eigenvalue weighted by atomic mass is 10.2. The average molecular weight is 306 g/mol. The summed E-state index contributed by atoms with van der Waals surface area (Å²) in [6, 6.07) is 7.80. The highest BCUT2D eigenvalue weighted by Gasteiger charge is 2.20. The molecule has 0 aromatic heterocycles. The number of carbonyl (C=O) groups is 1. The van der Waals surface area contributed by atoms with Crippen LogP contribution in [0.2, 0.25) is 0 Å². The first-order chi connectivity index (χ1) is 10.7. The number of hydrogen-bond donors (Lipinski definition) is 1. The van der Waals surface area contributed by atoms with Crippen LogP contribution in [0.4, 0.5) is 4.79 Å². The number of ether oxygens (including phenoxy) is 2. The standard InChI is InChI=1S/C17H26N2O3/c1-3-22-16-9-5-4-7-14(16)13-18-17(20)19-11-6-8-15(21-2)10-12-19/h4-5,7,9,15H,3,6,8,10-13H2,1-2H3,(H,18,20). The maximum absolute atomic E-state index is 12.3. The van der Waals surface area contributed by atoms with Gasteiger partial charge in [0.2, 0.25) is 0 Å². The fraction of sp³-hybridized carbons (Fsp3) is 0.588. The summed E-state index contributed by atoms with van der Waals surface area (Å²) < 4.78 is 11.0. The van der Waals surface area contributed by atoms with Gasteiger partial charge < -0.3 is 19.7 Å². The number of benzene rings is 1. The smallest absolute Gasteiger partial charge is 0.317 e. The van der Waals surface area contributed by atoms with Crippen LogP contribution in [0.5, 0.6) is 5.75 Å². The minimum Gasteiger partial charge on any atom is -0.494 e. The summed E-state index contributed by atoms with van der Waals surface area (Å²) in [5, 5.41) is 2.99. The van der Waals surface area contributed by atoms with Crippen LogP contribution in [0.25, 0.3) is 0 Å². The minimum atomic E-state index is -0.0111. The zero-order valence-electron chi connectivity index (χ0n) is 13.5. The van der Waals surface area contributed by atoms with E-state index >= 15 is 0 Å². The highest BCUT2D eigenvalue weighted by Crippen LogP contribution is 2.18. The van der Waals surface area contributed by atoms with Crippen molar-refractivity contribution in [3.63, 3.8) is 0 Å². The quantitative estimate of drug-likeness (QED) is 0.910. The predicted molar refractivity (Wildman–Crippen MR) is 86.1 cm³/mol. The number of likely N-dealkylation sites (tertiary alicyclic amines) is 1. The molecule has 5 heteroatoms. The van der Waals surface area contributed by atoms with Gasteiger partial charge in [-0.05, 0) is 32.3 Å². The molecule has 1 aliphatic rings. The van der Waals surface area contributed by atoms with Crippen LogP contribution in [-0.2, 0) is 11.3 Å². The Labute approximate surface area is 132 Å². The molecule has 1 heterocycles. The third-order valence-electron chi connectivity index (χ3n) is 4.00. The topological polar surface area (TPSA) is 50.8 Å². The minimum absolute atomic E-state index is 0.0111. The second kappa shape index (κ2) is 8.63. The molecule has 22 heavy (non-hydrogen) atoms. The Morgan fingerprint density at radius 1 is 1.32 bits per heavy atom. The number of nitrogens with one attached hydrogen (secondary N) is 1. The lowest BCUT2D eigenvalue weighted by Crippen LogP contribution is -2.40. The second-order valence-corrected chi connectivity index (χ2v) is 5.48. The number of hydrogen-bond acceptors (Lipinski definition) is 3. The van der Waals surface area contributed by atoms with Crippen molar-refractivity contribution in [2.75, 3.05) is 26.8 Å². The third kappa shape index (κ3) is 4.63. The van der Waals surface area contributed by atoms with Crippen molar-refractivity contribution >= 4 is 6.03 Å². The Bertz CT molecular complexity index is 479. The summed E-state index contributed by atoms with van der Waals surface area (Å²) in [5.41, 5.74) is 1.00. The van der Waals surface area contributed by atoms with Gasteiger partial charge in [0.05, 0.1) is 12.7 Å². The van der Waals surface area contributed by atoms with Crippen LogP contribution in [0.3, 0.4) is 0 Å². The van der Waals surface area contributed by atoms with Crippen LogP contribution in [0.1, 0.15) is 31.7 Å². The van der Waals surface area contributed by atoms with Crippen molar-refractivity contribution in [2.24, 2.45) is 0 Å². The van der Waals surface area contributed by atoms with Crippen LogP contribution >= 0.6 is 0 Å². The fourth-order valence-corrected chi connectivity index (χ4v) is 2.73. The molecule has 1 saturated heterocycles. The lowest BCUT2D eigenvalue weighted by Gasteiger charge is -2.21. The zero-order valence-corrected chi connectivity index (χ0v) is 13.5. The molecule has 1 aromatic rings. The lowest BCUT2D eigenvalue weighted by molar-refractivity contribution is 0.0906. The van der Waals surface area contributed by atoms with Gasteiger partial charge in [0.15, 0.2) is 0 Å². The third-order valence-corrected chi connectivity index (χ3v) is 4.00. The number of urea groups is 1. The molecule has 1 fully saturated rings. The molecule has 2 amide bonds. The molecule has 1 aromatic carbocycles. The number of carbonyl (C=O) groups excluding carboxylic acids is 1. The first-order valence-electron chi connectivity index (χ1n) is 8.00. The molecule has 5 nitrogen and oxygen atoms in total. The summed E-state index contributed by atoms with van der Waals surface area (Å²) in [7, 11) is 1.74. The van der Waals surface area contributed by atoms with Gasteiger partial charge in [-0.1, -0.05) is 18.2 Å². The van der Waals surface area contributed by atoms with Gasteiger partial charge in [0, 0.05) is 32.3 Å². The normalized spacial score (nSPS) is 18.6. The SMILES string of the molecule is CCOc1ccccc1CNC(=O)N1CCCC(OC)CC1. The Balaban J connectivity index is 1.87. The Morgan fingerprint density at radius 3 is 2.91 bits per heavy atom. The monoisotopic (exact) mass is 306 g/mol. The maximum atomic E-state index is 12.3. The van der Waals surface area contributed by atoms with E-state index in [0.717, 1.165) is 43.7 Å².